The number of amides is 2. The normalized spacial score (nSPS) is 17.8. The largest absolute Gasteiger partial charge is 0.465 e. The van der Waals surface area contributed by atoms with Crippen molar-refractivity contribution in [2.24, 2.45) is 0 Å². The summed E-state index contributed by atoms with van der Waals surface area (Å²) in [7, 11) is 2.15. The number of likely N-dealkylation sites (N-methyl/N-ethyl adjacent to an activating group) is 1. The highest BCUT2D eigenvalue weighted by molar-refractivity contribution is 5.83. The van der Waals surface area contributed by atoms with Crippen molar-refractivity contribution in [1.29, 1.82) is 0 Å². The van der Waals surface area contributed by atoms with Crippen molar-refractivity contribution in [1.82, 2.24) is 15.5 Å². The Bertz CT molecular complexity index is 1950. The van der Waals surface area contributed by atoms with Crippen molar-refractivity contribution >= 4 is 22.8 Å². The summed E-state index contributed by atoms with van der Waals surface area (Å²) < 4.78 is 18.2. The van der Waals surface area contributed by atoms with Crippen LogP contribution in [0, 0.1) is 0 Å². The number of carbonyl (C=O) groups is 2. The van der Waals surface area contributed by atoms with Gasteiger partial charge in [0.25, 0.3) is 0 Å². The van der Waals surface area contributed by atoms with Crippen LogP contribution in [0.2, 0.25) is 0 Å². The van der Waals surface area contributed by atoms with Crippen molar-refractivity contribution in [2.45, 2.75) is 58.0 Å². The molecule has 9 heteroatoms. The number of benzene rings is 5. The van der Waals surface area contributed by atoms with Crippen LogP contribution in [0.5, 0.6) is 0 Å². The first kappa shape index (κ1) is 36.7. The van der Waals surface area contributed by atoms with Crippen LogP contribution < -0.4 is 10.6 Å². The quantitative estimate of drug-likeness (QED) is 0.109. The minimum absolute atomic E-state index is 0.00412. The van der Waals surface area contributed by atoms with E-state index in [4.69, 9.17) is 14.2 Å². The minimum atomic E-state index is -0.566. The Kier molecular flexibility index (Phi) is 12.3. The van der Waals surface area contributed by atoms with Gasteiger partial charge in [0.15, 0.2) is 6.29 Å². The molecule has 6 rings (SSSR count). The third kappa shape index (κ3) is 9.43. The maximum absolute atomic E-state index is 12.2. The van der Waals surface area contributed by atoms with Crippen molar-refractivity contribution in [3.05, 3.63) is 143 Å². The van der Waals surface area contributed by atoms with E-state index in [2.05, 4.69) is 84.1 Å². The number of aliphatic hydroxyl groups excluding tert-OH is 1. The van der Waals surface area contributed by atoms with E-state index >= 15 is 0 Å². The molecular weight excluding hydrogens is 654 g/mol. The SMILES string of the molecule is CCOC(=O)CNC(=O)NCc1cccc(-c2ccc([C@@H]3O[C@H](CN(C)[C@H](C)c4ccc5ccccc5c4)C[C@H](c4ccc(CO)cc4)O3)cc2)c1. The highest BCUT2D eigenvalue weighted by Gasteiger charge is 2.33. The second-order valence-corrected chi connectivity index (χ2v) is 13.2. The highest BCUT2D eigenvalue weighted by Crippen LogP contribution is 2.39. The van der Waals surface area contributed by atoms with Gasteiger partial charge in [-0.15, -0.1) is 0 Å². The molecular formula is C43H47N3O6. The lowest BCUT2D eigenvalue weighted by Crippen LogP contribution is -2.38. The van der Waals surface area contributed by atoms with E-state index in [1.165, 1.54) is 16.3 Å². The van der Waals surface area contributed by atoms with Gasteiger partial charge in [0, 0.05) is 31.1 Å². The van der Waals surface area contributed by atoms with E-state index in [1.807, 2.05) is 60.7 Å². The molecule has 0 aromatic heterocycles. The second-order valence-electron chi connectivity index (χ2n) is 13.2. The van der Waals surface area contributed by atoms with Crippen LogP contribution in [-0.2, 0) is 32.2 Å². The predicted octanol–water partition coefficient (Wildman–Crippen LogP) is 7.60. The van der Waals surface area contributed by atoms with Gasteiger partial charge in [0.05, 0.1) is 25.4 Å². The predicted molar refractivity (Wildman–Crippen MR) is 202 cm³/mol. The summed E-state index contributed by atoms with van der Waals surface area (Å²) in [5.74, 6) is -0.478. The van der Waals surface area contributed by atoms with Gasteiger partial charge in [-0.25, -0.2) is 4.79 Å². The van der Waals surface area contributed by atoms with Crippen molar-refractivity contribution in [3.8, 4) is 11.1 Å². The van der Waals surface area contributed by atoms with Gasteiger partial charge in [0.2, 0.25) is 0 Å². The Morgan fingerprint density at radius 2 is 1.58 bits per heavy atom. The van der Waals surface area contributed by atoms with Crippen LogP contribution >= 0.6 is 0 Å². The maximum atomic E-state index is 12.2. The molecule has 9 nitrogen and oxygen atoms in total. The number of esters is 1. The first-order valence-corrected chi connectivity index (χ1v) is 17.9. The zero-order valence-electron chi connectivity index (χ0n) is 30.0. The second kappa shape index (κ2) is 17.4. The Morgan fingerprint density at radius 1 is 0.827 bits per heavy atom. The van der Waals surface area contributed by atoms with Crippen LogP contribution in [0.1, 0.15) is 66.5 Å². The Hall–Kier alpha value is -5.06. The van der Waals surface area contributed by atoms with Crippen LogP contribution in [0.3, 0.4) is 0 Å². The summed E-state index contributed by atoms with van der Waals surface area (Å²) in [6, 6.07) is 39.0. The van der Waals surface area contributed by atoms with Crippen molar-refractivity contribution in [2.75, 3.05) is 26.7 Å². The summed E-state index contributed by atoms with van der Waals surface area (Å²) in [5, 5.41) is 17.4. The number of aliphatic hydroxyl groups is 1. The fraction of sp³-hybridized carbons (Fsp3) is 0.302. The molecule has 1 saturated heterocycles. The average molecular weight is 702 g/mol. The van der Waals surface area contributed by atoms with Gasteiger partial charge in [0.1, 0.15) is 6.54 Å². The third-order valence-electron chi connectivity index (χ3n) is 9.62. The Labute approximate surface area is 305 Å². The fourth-order valence-corrected chi connectivity index (χ4v) is 6.54. The van der Waals surface area contributed by atoms with Gasteiger partial charge in [-0.3, -0.25) is 9.69 Å². The molecule has 1 aliphatic heterocycles. The zero-order valence-corrected chi connectivity index (χ0v) is 30.0. The molecule has 0 radical (unpaired) electrons. The van der Waals surface area contributed by atoms with Gasteiger partial charge in [-0.1, -0.05) is 103 Å². The van der Waals surface area contributed by atoms with Gasteiger partial charge >= 0.3 is 12.0 Å². The van der Waals surface area contributed by atoms with Crippen LogP contribution in [0.4, 0.5) is 4.79 Å². The smallest absolute Gasteiger partial charge is 0.325 e. The molecule has 1 heterocycles. The number of rotatable bonds is 13. The Morgan fingerprint density at radius 3 is 2.33 bits per heavy atom. The van der Waals surface area contributed by atoms with Crippen LogP contribution in [0.25, 0.3) is 21.9 Å². The molecule has 270 valence electrons. The lowest BCUT2D eigenvalue weighted by atomic mass is 9.98. The summed E-state index contributed by atoms with van der Waals surface area (Å²) >= 11 is 0. The molecule has 0 bridgehead atoms. The molecule has 4 atom stereocenters. The molecule has 52 heavy (non-hydrogen) atoms. The van der Waals surface area contributed by atoms with Crippen molar-refractivity contribution < 1.29 is 28.9 Å². The molecule has 0 spiro atoms. The van der Waals surface area contributed by atoms with E-state index in [0.717, 1.165) is 39.9 Å². The molecule has 0 unspecified atom stereocenters. The van der Waals surface area contributed by atoms with Crippen LogP contribution in [0.15, 0.2) is 115 Å². The van der Waals surface area contributed by atoms with Gasteiger partial charge in [-0.05, 0) is 77.2 Å². The number of urea groups is 1. The molecule has 3 N–H and O–H groups in total. The number of fused-ring (bicyclic) bond motifs is 1. The lowest BCUT2D eigenvalue weighted by Gasteiger charge is -2.39. The summed E-state index contributed by atoms with van der Waals surface area (Å²) in [6.07, 6.45) is -0.140. The minimum Gasteiger partial charge on any atom is -0.465 e. The molecule has 0 aliphatic carbocycles. The highest BCUT2D eigenvalue weighted by atomic mass is 16.7. The first-order chi connectivity index (χ1) is 25.3. The first-order valence-electron chi connectivity index (χ1n) is 17.9. The van der Waals surface area contributed by atoms with E-state index in [-0.39, 0.29) is 38.0 Å². The maximum Gasteiger partial charge on any atom is 0.325 e. The monoisotopic (exact) mass is 701 g/mol. The molecule has 0 saturated carbocycles. The molecule has 1 aliphatic rings. The standard InChI is InChI=1S/C43H47N3O6/c1-4-50-41(48)26-45-43(49)44-25-31-8-7-11-37(22-31)33-16-19-35(20-17-33)42-51-39(24-40(52-42)34-14-12-30(28-47)13-15-34)27-46(3)29(2)36-21-18-32-9-5-6-10-38(32)23-36/h5-23,29,39-40,42,47H,4,24-28H2,1-3H3,(H2,44,45,49)/t29-,39+,40-,42-/m1/s1. The van der Waals surface area contributed by atoms with E-state index in [9.17, 15) is 14.7 Å². The molecule has 2 amide bonds. The lowest BCUT2D eigenvalue weighted by molar-refractivity contribution is -0.253. The molecule has 5 aromatic rings. The summed E-state index contributed by atoms with van der Waals surface area (Å²) in [6.45, 7) is 5.06. The number of carbonyl (C=O) groups excluding carboxylic acids is 2. The van der Waals surface area contributed by atoms with Crippen molar-refractivity contribution in [3.63, 3.8) is 0 Å². The number of hydrogen-bond donors (Lipinski definition) is 3. The zero-order chi connectivity index (χ0) is 36.5. The molecule has 5 aromatic carbocycles. The molecule has 1 fully saturated rings. The number of ether oxygens (including phenoxy) is 3. The average Bonchev–Trinajstić information content (AvgIpc) is 3.19. The van der Waals surface area contributed by atoms with Gasteiger partial charge in [-0.2, -0.15) is 0 Å². The number of hydrogen-bond acceptors (Lipinski definition) is 7. The summed E-state index contributed by atoms with van der Waals surface area (Å²) in [5.41, 5.74) is 7.04. The van der Waals surface area contributed by atoms with Gasteiger partial charge < -0.3 is 30.0 Å². The van der Waals surface area contributed by atoms with E-state index < -0.39 is 18.3 Å². The summed E-state index contributed by atoms with van der Waals surface area (Å²) in [4.78, 5) is 26.0. The number of nitrogens with zero attached hydrogens (tertiary/aromatic N) is 1. The Balaban J connectivity index is 1.14. The third-order valence-corrected chi connectivity index (χ3v) is 9.62. The topological polar surface area (TPSA) is 109 Å². The van der Waals surface area contributed by atoms with E-state index in [1.54, 1.807) is 6.92 Å². The number of nitrogens with one attached hydrogen (secondary N) is 2. The van der Waals surface area contributed by atoms with E-state index in [0.29, 0.717) is 13.0 Å². The van der Waals surface area contributed by atoms with Crippen LogP contribution in [-0.4, -0.2) is 54.9 Å². The fourth-order valence-electron chi connectivity index (χ4n) is 6.54.